The Kier molecular flexibility index (Phi) is 4.55. The molecule has 2 rings (SSSR count). The number of hydrogen-bond acceptors (Lipinski definition) is 3. The Morgan fingerprint density at radius 3 is 2.81 bits per heavy atom. The van der Waals surface area contributed by atoms with Crippen LogP contribution in [0.15, 0.2) is 18.2 Å². The van der Waals surface area contributed by atoms with Crippen molar-refractivity contribution in [3.63, 3.8) is 0 Å². The van der Waals surface area contributed by atoms with Crippen LogP contribution in [0.4, 0.5) is 4.39 Å². The van der Waals surface area contributed by atoms with E-state index in [1.165, 1.54) is 21.9 Å². The molecule has 5 nitrogen and oxygen atoms in total. The fourth-order valence-corrected chi connectivity index (χ4v) is 2.01. The third-order valence-corrected chi connectivity index (χ3v) is 3.26. The van der Waals surface area contributed by atoms with Gasteiger partial charge < -0.3 is 14.9 Å². The van der Waals surface area contributed by atoms with Gasteiger partial charge in [-0.3, -0.25) is 9.59 Å². The summed E-state index contributed by atoms with van der Waals surface area (Å²) in [4.78, 5) is 26.7. The average Bonchev–Trinajstić information content (AvgIpc) is 2.47. The Labute approximate surface area is 122 Å². The fourth-order valence-electron chi connectivity index (χ4n) is 2.01. The third kappa shape index (κ3) is 3.38. The molecule has 110 valence electrons. The van der Waals surface area contributed by atoms with Crippen LogP contribution in [0, 0.1) is 17.7 Å². The molecule has 0 aromatic heterocycles. The summed E-state index contributed by atoms with van der Waals surface area (Å²) in [5, 5.41) is 8.59. The van der Waals surface area contributed by atoms with E-state index in [2.05, 4.69) is 11.8 Å². The molecular formula is C15H15FN2O3. The first-order valence-corrected chi connectivity index (χ1v) is 6.45. The number of nitrogens with zero attached hydrogens (tertiary/aromatic N) is 2. The second kappa shape index (κ2) is 6.37. The maximum atomic E-state index is 14.0. The highest BCUT2D eigenvalue weighted by molar-refractivity contribution is 5.97. The maximum Gasteiger partial charge on any atom is 0.257 e. The molecule has 0 bridgehead atoms. The number of likely N-dealkylation sites (N-methyl/N-ethyl adjacent to an activating group) is 1. The van der Waals surface area contributed by atoms with Crippen molar-refractivity contribution in [2.45, 2.75) is 0 Å². The van der Waals surface area contributed by atoms with Gasteiger partial charge in [-0.2, -0.15) is 0 Å². The van der Waals surface area contributed by atoms with Crippen LogP contribution in [0.5, 0.6) is 0 Å². The zero-order chi connectivity index (χ0) is 15.4. The smallest absolute Gasteiger partial charge is 0.257 e. The van der Waals surface area contributed by atoms with E-state index in [9.17, 15) is 14.0 Å². The van der Waals surface area contributed by atoms with Crippen molar-refractivity contribution in [3.8, 4) is 11.8 Å². The van der Waals surface area contributed by atoms with Gasteiger partial charge in [0.2, 0.25) is 5.91 Å². The molecule has 0 atom stereocenters. The number of aliphatic hydroxyl groups excluding tert-OH is 1. The molecule has 1 heterocycles. The van der Waals surface area contributed by atoms with Crippen LogP contribution >= 0.6 is 0 Å². The second-order valence-electron chi connectivity index (χ2n) is 4.70. The van der Waals surface area contributed by atoms with Crippen molar-refractivity contribution in [1.82, 2.24) is 9.80 Å². The lowest BCUT2D eigenvalue weighted by molar-refractivity contribution is -0.133. The van der Waals surface area contributed by atoms with E-state index in [0.717, 1.165) is 6.07 Å². The van der Waals surface area contributed by atoms with Crippen molar-refractivity contribution in [2.24, 2.45) is 0 Å². The highest BCUT2D eigenvalue weighted by Crippen LogP contribution is 2.14. The number of aliphatic hydroxyl groups is 1. The third-order valence-electron chi connectivity index (χ3n) is 3.26. The minimum absolute atomic E-state index is 0.0408. The molecule has 1 aliphatic rings. The Hall–Kier alpha value is -2.39. The predicted octanol–water partition coefficient (Wildman–Crippen LogP) is 0.0837. The summed E-state index contributed by atoms with van der Waals surface area (Å²) >= 11 is 0. The molecular weight excluding hydrogens is 275 g/mol. The number of amides is 2. The molecule has 1 saturated heterocycles. The molecule has 21 heavy (non-hydrogen) atoms. The van der Waals surface area contributed by atoms with Gasteiger partial charge in [0.1, 0.15) is 19.0 Å². The summed E-state index contributed by atoms with van der Waals surface area (Å²) in [5.74, 6) is 3.62. The van der Waals surface area contributed by atoms with E-state index in [1.54, 1.807) is 7.05 Å². The van der Waals surface area contributed by atoms with Gasteiger partial charge in [-0.05, 0) is 18.2 Å². The number of hydrogen-bond donors (Lipinski definition) is 1. The topological polar surface area (TPSA) is 60.9 Å². The summed E-state index contributed by atoms with van der Waals surface area (Å²) in [6, 6.07) is 4.01. The van der Waals surface area contributed by atoms with Crippen molar-refractivity contribution in [3.05, 3.63) is 35.1 Å². The summed E-state index contributed by atoms with van der Waals surface area (Å²) in [6.07, 6.45) is 0. The van der Waals surface area contributed by atoms with Crippen molar-refractivity contribution in [1.29, 1.82) is 0 Å². The average molecular weight is 290 g/mol. The highest BCUT2D eigenvalue weighted by Gasteiger charge is 2.27. The minimum atomic E-state index is -0.684. The van der Waals surface area contributed by atoms with E-state index in [0.29, 0.717) is 18.7 Å². The second-order valence-corrected chi connectivity index (χ2v) is 4.70. The molecule has 0 aliphatic carbocycles. The summed E-state index contributed by atoms with van der Waals surface area (Å²) in [5.41, 5.74) is 0.300. The van der Waals surface area contributed by atoms with Crippen LogP contribution in [0.3, 0.4) is 0 Å². The summed E-state index contributed by atoms with van der Waals surface area (Å²) in [7, 11) is 1.67. The molecule has 1 fully saturated rings. The van der Waals surface area contributed by atoms with E-state index in [-0.39, 0.29) is 24.6 Å². The maximum absolute atomic E-state index is 14.0. The highest BCUT2D eigenvalue weighted by atomic mass is 19.1. The largest absolute Gasteiger partial charge is 0.384 e. The van der Waals surface area contributed by atoms with Crippen LogP contribution < -0.4 is 0 Å². The minimum Gasteiger partial charge on any atom is -0.384 e. The van der Waals surface area contributed by atoms with Crippen LogP contribution in [-0.4, -0.2) is 60.0 Å². The summed E-state index contributed by atoms with van der Waals surface area (Å²) < 4.78 is 14.0. The van der Waals surface area contributed by atoms with E-state index in [1.807, 2.05) is 0 Å². The molecule has 0 saturated carbocycles. The lowest BCUT2D eigenvalue weighted by atomic mass is 10.1. The van der Waals surface area contributed by atoms with E-state index in [4.69, 9.17) is 5.11 Å². The SMILES string of the molecule is CN1CCN(C(=O)c2ccc(C#CCO)cc2F)CC1=O. The van der Waals surface area contributed by atoms with Crippen molar-refractivity contribution < 1.29 is 19.1 Å². The van der Waals surface area contributed by atoms with Gasteiger partial charge >= 0.3 is 0 Å². The zero-order valence-corrected chi connectivity index (χ0v) is 11.6. The lowest BCUT2D eigenvalue weighted by Crippen LogP contribution is -2.50. The first-order valence-electron chi connectivity index (χ1n) is 6.45. The van der Waals surface area contributed by atoms with Gasteiger partial charge in [0.25, 0.3) is 5.91 Å². The number of halogens is 1. The van der Waals surface area contributed by atoms with Gasteiger partial charge in [-0.25, -0.2) is 4.39 Å². The van der Waals surface area contributed by atoms with Gasteiger partial charge in [-0.1, -0.05) is 11.8 Å². The number of piperazine rings is 1. The normalized spacial score (nSPS) is 14.7. The van der Waals surface area contributed by atoms with Crippen LogP contribution in [0.25, 0.3) is 0 Å². The van der Waals surface area contributed by atoms with Crippen LogP contribution in [-0.2, 0) is 4.79 Å². The monoisotopic (exact) mass is 290 g/mol. The zero-order valence-electron chi connectivity index (χ0n) is 11.6. The Bertz CT molecular complexity index is 634. The molecule has 1 aliphatic heterocycles. The first-order chi connectivity index (χ1) is 10.0. The molecule has 1 aromatic carbocycles. The molecule has 0 unspecified atom stereocenters. The van der Waals surface area contributed by atoms with Crippen molar-refractivity contribution >= 4 is 11.8 Å². The molecule has 1 aromatic rings. The molecule has 1 N–H and O–H groups in total. The fraction of sp³-hybridized carbons (Fsp3) is 0.333. The van der Waals surface area contributed by atoms with E-state index >= 15 is 0 Å². The molecule has 2 amide bonds. The Morgan fingerprint density at radius 2 is 2.19 bits per heavy atom. The van der Waals surface area contributed by atoms with Gasteiger partial charge in [0, 0.05) is 25.7 Å². The van der Waals surface area contributed by atoms with Crippen LogP contribution in [0.1, 0.15) is 15.9 Å². The Balaban J connectivity index is 2.18. The number of carbonyl (C=O) groups excluding carboxylic acids is 2. The Morgan fingerprint density at radius 1 is 1.43 bits per heavy atom. The van der Waals surface area contributed by atoms with E-state index < -0.39 is 11.7 Å². The first kappa shape index (κ1) is 15.0. The lowest BCUT2D eigenvalue weighted by Gasteiger charge is -2.32. The van der Waals surface area contributed by atoms with Crippen molar-refractivity contribution in [2.75, 3.05) is 33.3 Å². The standard InChI is InChI=1S/C15H15FN2O3/c1-17-6-7-18(10-14(17)20)15(21)12-5-4-11(3-2-8-19)9-13(12)16/h4-5,9,19H,6-8,10H2,1H3. The molecule has 6 heteroatoms. The molecule has 0 radical (unpaired) electrons. The number of benzene rings is 1. The predicted molar refractivity (Wildman–Crippen MR) is 73.9 cm³/mol. The van der Waals surface area contributed by atoms with Gasteiger partial charge in [0.05, 0.1) is 5.56 Å². The van der Waals surface area contributed by atoms with Crippen LogP contribution in [0.2, 0.25) is 0 Å². The molecule has 0 spiro atoms. The number of rotatable bonds is 1. The quantitative estimate of drug-likeness (QED) is 0.745. The van der Waals surface area contributed by atoms with Gasteiger partial charge in [0.15, 0.2) is 0 Å². The number of carbonyl (C=O) groups is 2. The van der Waals surface area contributed by atoms with Gasteiger partial charge in [-0.15, -0.1) is 0 Å². The summed E-state index contributed by atoms with van der Waals surface area (Å²) in [6.45, 7) is 0.464.